The number of nitrogens with one attached hydrogen (secondary N) is 1. The molecule has 1 aromatic carbocycles. The molecule has 1 heterocycles. The lowest BCUT2D eigenvalue weighted by atomic mass is 10.3. The van der Waals surface area contributed by atoms with Gasteiger partial charge in [0.15, 0.2) is 17.1 Å². The first kappa shape index (κ1) is 15.9. The van der Waals surface area contributed by atoms with Crippen molar-refractivity contribution in [2.75, 3.05) is 5.75 Å². The Morgan fingerprint density at radius 2 is 2.13 bits per heavy atom. The predicted octanol–water partition coefficient (Wildman–Crippen LogP) is 2.33. The minimum absolute atomic E-state index is 0.0515. The second kappa shape index (κ2) is 7.04. The quantitative estimate of drug-likeness (QED) is 0.788. The first-order chi connectivity index (χ1) is 11.1. The van der Waals surface area contributed by atoms with Crippen LogP contribution in [-0.4, -0.2) is 32.5 Å². The number of carbonyl (C=O) groups is 1. The summed E-state index contributed by atoms with van der Waals surface area (Å²) in [6.07, 6.45) is 1.97. The Morgan fingerprint density at radius 3 is 2.83 bits per heavy atom. The Bertz CT molecular complexity index is 670. The number of ether oxygens (including phenoxy) is 1. The van der Waals surface area contributed by atoms with Gasteiger partial charge < -0.3 is 14.6 Å². The molecule has 1 aromatic heterocycles. The van der Waals surface area contributed by atoms with Gasteiger partial charge in [-0.1, -0.05) is 30.0 Å². The van der Waals surface area contributed by atoms with E-state index in [2.05, 4.69) is 15.5 Å². The maximum atomic E-state index is 11.7. The van der Waals surface area contributed by atoms with Crippen LogP contribution in [0.1, 0.15) is 31.7 Å². The Labute approximate surface area is 139 Å². The van der Waals surface area contributed by atoms with Crippen molar-refractivity contribution in [1.82, 2.24) is 20.1 Å². The summed E-state index contributed by atoms with van der Waals surface area (Å²) in [6.45, 7) is 1.94. The zero-order chi connectivity index (χ0) is 16.2. The van der Waals surface area contributed by atoms with Gasteiger partial charge in [-0.2, -0.15) is 0 Å². The summed E-state index contributed by atoms with van der Waals surface area (Å²) in [6, 6.07) is 10.0. The van der Waals surface area contributed by atoms with Crippen LogP contribution in [-0.2, 0) is 11.8 Å². The van der Waals surface area contributed by atoms with Crippen molar-refractivity contribution in [1.29, 1.82) is 0 Å². The Kier molecular flexibility index (Phi) is 4.85. The van der Waals surface area contributed by atoms with Crippen LogP contribution in [0.25, 0.3) is 0 Å². The molecule has 1 aliphatic rings. The molecule has 1 amide bonds. The molecule has 3 rings (SSSR count). The van der Waals surface area contributed by atoms with E-state index in [1.165, 1.54) is 11.8 Å². The van der Waals surface area contributed by atoms with Gasteiger partial charge in [0, 0.05) is 13.1 Å². The topological polar surface area (TPSA) is 69.0 Å². The van der Waals surface area contributed by atoms with Gasteiger partial charge >= 0.3 is 0 Å². The van der Waals surface area contributed by atoms with Gasteiger partial charge in [0.2, 0.25) is 5.91 Å². The highest BCUT2D eigenvalue weighted by Gasteiger charge is 2.23. The highest BCUT2D eigenvalue weighted by molar-refractivity contribution is 7.99. The molecule has 0 saturated heterocycles. The van der Waals surface area contributed by atoms with Crippen LogP contribution in [0, 0.1) is 0 Å². The van der Waals surface area contributed by atoms with E-state index in [1.54, 1.807) is 0 Å². The van der Waals surface area contributed by atoms with E-state index in [-0.39, 0.29) is 12.0 Å². The number of rotatable bonds is 7. The molecule has 7 heteroatoms. The van der Waals surface area contributed by atoms with E-state index >= 15 is 0 Å². The molecule has 0 unspecified atom stereocenters. The average Bonchev–Trinajstić information content (AvgIpc) is 3.27. The molecule has 0 bridgehead atoms. The maximum absolute atomic E-state index is 11.7. The molecule has 23 heavy (non-hydrogen) atoms. The van der Waals surface area contributed by atoms with Crippen molar-refractivity contribution in [3.63, 3.8) is 0 Å². The fraction of sp³-hybridized carbons (Fsp3) is 0.438. The number of carbonyl (C=O) groups excluding carboxylic acids is 1. The molecule has 122 valence electrons. The normalized spacial score (nSPS) is 15.2. The van der Waals surface area contributed by atoms with Crippen LogP contribution in [0.3, 0.4) is 0 Å². The second-order valence-electron chi connectivity index (χ2n) is 5.60. The number of para-hydroxylation sites is 1. The van der Waals surface area contributed by atoms with Crippen LogP contribution >= 0.6 is 11.8 Å². The van der Waals surface area contributed by atoms with Crippen LogP contribution in [0.4, 0.5) is 0 Å². The van der Waals surface area contributed by atoms with E-state index in [4.69, 9.17) is 4.74 Å². The van der Waals surface area contributed by atoms with Crippen molar-refractivity contribution >= 4 is 17.7 Å². The fourth-order valence-electron chi connectivity index (χ4n) is 2.19. The fourth-order valence-corrected chi connectivity index (χ4v) is 2.92. The molecule has 1 saturated carbocycles. The Balaban J connectivity index is 1.58. The lowest BCUT2D eigenvalue weighted by Gasteiger charge is -2.14. The van der Waals surface area contributed by atoms with Gasteiger partial charge in [-0.3, -0.25) is 4.79 Å². The molecule has 1 atom stereocenters. The van der Waals surface area contributed by atoms with Gasteiger partial charge in [0.25, 0.3) is 0 Å². The molecule has 1 fully saturated rings. The summed E-state index contributed by atoms with van der Waals surface area (Å²) < 4.78 is 7.75. The molecule has 0 radical (unpaired) electrons. The number of hydrogen-bond donors (Lipinski definition) is 1. The van der Waals surface area contributed by atoms with Crippen molar-refractivity contribution in [2.24, 2.45) is 7.05 Å². The number of benzene rings is 1. The van der Waals surface area contributed by atoms with E-state index in [9.17, 15) is 4.79 Å². The highest BCUT2D eigenvalue weighted by atomic mass is 32.2. The minimum Gasteiger partial charge on any atom is -0.483 e. The molecule has 0 aliphatic heterocycles. The zero-order valence-electron chi connectivity index (χ0n) is 13.2. The number of aromatic nitrogens is 3. The number of amides is 1. The molecule has 1 aliphatic carbocycles. The third kappa shape index (κ3) is 4.25. The van der Waals surface area contributed by atoms with Crippen LogP contribution in [0.5, 0.6) is 5.75 Å². The molecule has 2 aromatic rings. The van der Waals surface area contributed by atoms with Crippen LogP contribution in [0.2, 0.25) is 0 Å². The smallest absolute Gasteiger partial charge is 0.230 e. The first-order valence-electron chi connectivity index (χ1n) is 7.66. The maximum Gasteiger partial charge on any atom is 0.230 e. The number of thioether (sulfide) groups is 1. The van der Waals surface area contributed by atoms with Crippen molar-refractivity contribution in [3.05, 3.63) is 36.2 Å². The lowest BCUT2D eigenvalue weighted by Crippen LogP contribution is -2.27. The highest BCUT2D eigenvalue weighted by Crippen LogP contribution is 2.24. The van der Waals surface area contributed by atoms with Crippen molar-refractivity contribution in [2.45, 2.75) is 37.1 Å². The summed E-state index contributed by atoms with van der Waals surface area (Å²) in [4.78, 5) is 11.7. The van der Waals surface area contributed by atoms with E-state index < -0.39 is 0 Å². The summed E-state index contributed by atoms with van der Waals surface area (Å²) >= 11 is 1.39. The summed E-state index contributed by atoms with van der Waals surface area (Å²) in [5.74, 6) is 1.94. The first-order valence-corrected chi connectivity index (χ1v) is 8.65. The van der Waals surface area contributed by atoms with Crippen LogP contribution < -0.4 is 10.1 Å². The monoisotopic (exact) mass is 332 g/mol. The van der Waals surface area contributed by atoms with Gasteiger partial charge in [-0.05, 0) is 31.9 Å². The predicted molar refractivity (Wildman–Crippen MR) is 88.4 cm³/mol. The summed E-state index contributed by atoms with van der Waals surface area (Å²) in [7, 11) is 1.89. The summed E-state index contributed by atoms with van der Waals surface area (Å²) in [5.41, 5.74) is 0. The summed E-state index contributed by atoms with van der Waals surface area (Å²) in [5, 5.41) is 12.0. The van der Waals surface area contributed by atoms with Gasteiger partial charge in [0.05, 0.1) is 5.75 Å². The standard InChI is InChI=1S/C16H20N4O2S/c1-11(22-13-6-4-3-5-7-13)15-18-19-16(20(15)2)23-10-14(21)17-12-8-9-12/h3-7,11-12H,8-10H2,1-2H3,(H,17,21)/t11-/m1/s1. The zero-order valence-corrected chi connectivity index (χ0v) is 14.0. The van der Waals surface area contributed by atoms with Crippen molar-refractivity contribution < 1.29 is 9.53 Å². The third-order valence-electron chi connectivity index (χ3n) is 3.56. The van der Waals surface area contributed by atoms with E-state index in [0.717, 1.165) is 29.6 Å². The van der Waals surface area contributed by atoms with E-state index in [1.807, 2.05) is 48.9 Å². The molecular formula is C16H20N4O2S. The van der Waals surface area contributed by atoms with Gasteiger partial charge in [0.1, 0.15) is 5.75 Å². The molecule has 1 N–H and O–H groups in total. The van der Waals surface area contributed by atoms with E-state index in [0.29, 0.717) is 11.8 Å². The average molecular weight is 332 g/mol. The molecule has 0 spiro atoms. The lowest BCUT2D eigenvalue weighted by molar-refractivity contribution is -0.118. The number of nitrogens with zero attached hydrogens (tertiary/aromatic N) is 3. The third-order valence-corrected chi connectivity index (χ3v) is 4.58. The van der Waals surface area contributed by atoms with Gasteiger partial charge in [-0.25, -0.2) is 0 Å². The SMILES string of the molecule is C[C@@H](Oc1ccccc1)c1nnc(SCC(=O)NC2CC2)n1C. The van der Waals surface area contributed by atoms with Crippen LogP contribution in [0.15, 0.2) is 35.5 Å². The Morgan fingerprint density at radius 1 is 1.39 bits per heavy atom. The van der Waals surface area contributed by atoms with Gasteiger partial charge in [-0.15, -0.1) is 10.2 Å². The Hall–Kier alpha value is -2.02. The molecular weight excluding hydrogens is 312 g/mol. The second-order valence-corrected chi connectivity index (χ2v) is 6.55. The van der Waals surface area contributed by atoms with Crippen molar-refractivity contribution in [3.8, 4) is 5.75 Å². The minimum atomic E-state index is -0.218. The largest absolute Gasteiger partial charge is 0.483 e. The number of hydrogen-bond acceptors (Lipinski definition) is 5. The molecule has 6 nitrogen and oxygen atoms in total.